The van der Waals surface area contributed by atoms with Gasteiger partial charge in [-0.25, -0.2) is 4.98 Å². The standard InChI is InChI=1S/C13H21N3/c1-10(2)7-8-16(11-3-4-11)12-5-6-13(14)15-9-12/h5-6,9-11H,3-4,7-8H2,1-2H3,(H2,14,15). The Morgan fingerprint density at radius 3 is 2.69 bits per heavy atom. The quantitative estimate of drug-likeness (QED) is 0.828. The molecule has 1 heterocycles. The average molecular weight is 219 g/mol. The molecule has 0 amide bonds. The summed E-state index contributed by atoms with van der Waals surface area (Å²) in [4.78, 5) is 6.65. The predicted octanol–water partition coefficient (Wildman–Crippen LogP) is 2.68. The van der Waals surface area contributed by atoms with E-state index in [0.29, 0.717) is 5.82 Å². The fourth-order valence-corrected chi connectivity index (χ4v) is 1.87. The van der Waals surface area contributed by atoms with Crippen molar-refractivity contribution in [3.8, 4) is 0 Å². The van der Waals surface area contributed by atoms with Crippen LogP contribution in [0.3, 0.4) is 0 Å². The second-order valence-electron chi connectivity index (χ2n) is 5.05. The Morgan fingerprint density at radius 2 is 2.19 bits per heavy atom. The molecular weight excluding hydrogens is 198 g/mol. The Balaban J connectivity index is 2.03. The van der Waals surface area contributed by atoms with Crippen molar-refractivity contribution < 1.29 is 0 Å². The van der Waals surface area contributed by atoms with Gasteiger partial charge < -0.3 is 10.6 Å². The molecule has 0 saturated heterocycles. The molecule has 0 atom stereocenters. The average Bonchev–Trinajstić information content (AvgIpc) is 3.04. The van der Waals surface area contributed by atoms with Crippen LogP contribution in [0.25, 0.3) is 0 Å². The number of nitrogens with two attached hydrogens (primary N) is 1. The molecule has 3 nitrogen and oxygen atoms in total. The zero-order valence-electron chi connectivity index (χ0n) is 10.2. The van der Waals surface area contributed by atoms with Gasteiger partial charge in [0.1, 0.15) is 5.82 Å². The third kappa shape index (κ3) is 2.87. The molecule has 0 unspecified atom stereocenters. The lowest BCUT2D eigenvalue weighted by Crippen LogP contribution is -2.27. The van der Waals surface area contributed by atoms with Gasteiger partial charge in [-0.05, 0) is 37.3 Å². The molecule has 1 aromatic heterocycles. The van der Waals surface area contributed by atoms with Crippen molar-refractivity contribution in [2.75, 3.05) is 17.2 Å². The second-order valence-corrected chi connectivity index (χ2v) is 5.05. The Morgan fingerprint density at radius 1 is 1.44 bits per heavy atom. The third-order valence-corrected chi connectivity index (χ3v) is 3.04. The van der Waals surface area contributed by atoms with Gasteiger partial charge in [0.15, 0.2) is 0 Å². The van der Waals surface area contributed by atoms with E-state index in [9.17, 15) is 0 Å². The molecule has 0 aromatic carbocycles. The minimum absolute atomic E-state index is 0.600. The Hall–Kier alpha value is -1.25. The Bertz CT molecular complexity index is 328. The minimum Gasteiger partial charge on any atom is -0.384 e. The van der Waals surface area contributed by atoms with Gasteiger partial charge in [-0.3, -0.25) is 0 Å². The highest BCUT2D eigenvalue weighted by Gasteiger charge is 2.29. The zero-order chi connectivity index (χ0) is 11.5. The van der Waals surface area contributed by atoms with E-state index in [1.807, 2.05) is 12.3 Å². The molecule has 1 fully saturated rings. The fourth-order valence-electron chi connectivity index (χ4n) is 1.87. The van der Waals surface area contributed by atoms with E-state index < -0.39 is 0 Å². The summed E-state index contributed by atoms with van der Waals surface area (Å²) in [7, 11) is 0. The van der Waals surface area contributed by atoms with Crippen LogP contribution >= 0.6 is 0 Å². The molecule has 1 saturated carbocycles. The molecule has 16 heavy (non-hydrogen) atoms. The van der Waals surface area contributed by atoms with Crippen molar-refractivity contribution in [2.24, 2.45) is 5.92 Å². The van der Waals surface area contributed by atoms with E-state index in [0.717, 1.165) is 18.5 Å². The number of nitrogens with zero attached hydrogens (tertiary/aromatic N) is 2. The first-order chi connectivity index (χ1) is 7.66. The fraction of sp³-hybridized carbons (Fsp3) is 0.615. The van der Waals surface area contributed by atoms with E-state index in [1.165, 1.54) is 24.9 Å². The number of aromatic nitrogens is 1. The Kier molecular flexibility index (Phi) is 3.32. The first-order valence-corrected chi connectivity index (χ1v) is 6.15. The summed E-state index contributed by atoms with van der Waals surface area (Å²) in [5.74, 6) is 1.35. The van der Waals surface area contributed by atoms with Gasteiger partial charge in [-0.15, -0.1) is 0 Å². The van der Waals surface area contributed by atoms with E-state index in [-0.39, 0.29) is 0 Å². The molecule has 2 N–H and O–H groups in total. The number of hydrogen-bond acceptors (Lipinski definition) is 3. The summed E-state index contributed by atoms with van der Waals surface area (Å²) >= 11 is 0. The van der Waals surface area contributed by atoms with Crippen LogP contribution in [0, 0.1) is 5.92 Å². The highest BCUT2D eigenvalue weighted by Crippen LogP contribution is 2.31. The van der Waals surface area contributed by atoms with Crippen LogP contribution in [0.15, 0.2) is 18.3 Å². The van der Waals surface area contributed by atoms with Crippen molar-refractivity contribution in [1.29, 1.82) is 0 Å². The normalized spacial score (nSPS) is 15.4. The van der Waals surface area contributed by atoms with Gasteiger partial charge in [0.05, 0.1) is 11.9 Å². The molecule has 0 aliphatic heterocycles. The van der Waals surface area contributed by atoms with Crippen LogP contribution in [-0.4, -0.2) is 17.6 Å². The smallest absolute Gasteiger partial charge is 0.123 e. The molecule has 0 radical (unpaired) electrons. The monoisotopic (exact) mass is 219 g/mol. The van der Waals surface area contributed by atoms with Crippen molar-refractivity contribution in [2.45, 2.75) is 39.2 Å². The number of anilines is 2. The van der Waals surface area contributed by atoms with Crippen LogP contribution in [0.4, 0.5) is 11.5 Å². The summed E-state index contributed by atoms with van der Waals surface area (Å²) in [6.45, 7) is 5.67. The summed E-state index contributed by atoms with van der Waals surface area (Å²) in [6, 6.07) is 4.71. The Labute approximate surface area is 97.7 Å². The molecule has 1 aliphatic rings. The number of hydrogen-bond donors (Lipinski definition) is 1. The molecule has 3 heteroatoms. The third-order valence-electron chi connectivity index (χ3n) is 3.04. The molecular formula is C13H21N3. The molecule has 0 bridgehead atoms. The molecule has 0 spiro atoms. The molecule has 1 aliphatic carbocycles. The highest BCUT2D eigenvalue weighted by atomic mass is 15.2. The van der Waals surface area contributed by atoms with Gasteiger partial charge in [0.2, 0.25) is 0 Å². The van der Waals surface area contributed by atoms with E-state index in [2.05, 4.69) is 29.8 Å². The first kappa shape index (κ1) is 11.2. The van der Waals surface area contributed by atoms with Crippen molar-refractivity contribution in [1.82, 2.24) is 4.98 Å². The van der Waals surface area contributed by atoms with Gasteiger partial charge in [0, 0.05) is 12.6 Å². The second kappa shape index (κ2) is 4.73. The minimum atomic E-state index is 0.600. The van der Waals surface area contributed by atoms with Gasteiger partial charge in [0.25, 0.3) is 0 Å². The molecule has 2 rings (SSSR count). The van der Waals surface area contributed by atoms with Crippen LogP contribution in [0.1, 0.15) is 33.1 Å². The van der Waals surface area contributed by atoms with Crippen molar-refractivity contribution >= 4 is 11.5 Å². The number of rotatable bonds is 5. The molecule has 1 aromatic rings. The predicted molar refractivity (Wildman–Crippen MR) is 68.5 cm³/mol. The zero-order valence-corrected chi connectivity index (χ0v) is 10.2. The summed E-state index contributed by atoms with van der Waals surface area (Å²) in [5.41, 5.74) is 6.83. The van der Waals surface area contributed by atoms with E-state index in [4.69, 9.17) is 5.73 Å². The van der Waals surface area contributed by atoms with Crippen LogP contribution in [-0.2, 0) is 0 Å². The summed E-state index contributed by atoms with van der Waals surface area (Å²) in [6.07, 6.45) is 5.78. The van der Waals surface area contributed by atoms with Gasteiger partial charge in [-0.1, -0.05) is 13.8 Å². The maximum absolute atomic E-state index is 5.61. The lowest BCUT2D eigenvalue weighted by Gasteiger charge is -2.25. The maximum Gasteiger partial charge on any atom is 0.123 e. The van der Waals surface area contributed by atoms with Crippen LogP contribution in [0.2, 0.25) is 0 Å². The van der Waals surface area contributed by atoms with Gasteiger partial charge in [-0.2, -0.15) is 0 Å². The van der Waals surface area contributed by atoms with Gasteiger partial charge >= 0.3 is 0 Å². The SMILES string of the molecule is CC(C)CCN(c1ccc(N)nc1)C1CC1. The maximum atomic E-state index is 5.61. The highest BCUT2D eigenvalue weighted by molar-refractivity contribution is 5.49. The lowest BCUT2D eigenvalue weighted by molar-refractivity contribution is 0.570. The molecule has 88 valence electrons. The largest absolute Gasteiger partial charge is 0.384 e. The van der Waals surface area contributed by atoms with Crippen molar-refractivity contribution in [3.05, 3.63) is 18.3 Å². The van der Waals surface area contributed by atoms with E-state index in [1.54, 1.807) is 0 Å². The van der Waals surface area contributed by atoms with Crippen molar-refractivity contribution in [3.63, 3.8) is 0 Å². The lowest BCUT2D eigenvalue weighted by atomic mass is 10.1. The summed E-state index contributed by atoms with van der Waals surface area (Å²) < 4.78 is 0. The van der Waals surface area contributed by atoms with E-state index >= 15 is 0 Å². The number of nitrogen functional groups attached to an aromatic ring is 1. The van der Waals surface area contributed by atoms with Crippen LogP contribution < -0.4 is 10.6 Å². The first-order valence-electron chi connectivity index (χ1n) is 6.15. The topological polar surface area (TPSA) is 42.1 Å². The van der Waals surface area contributed by atoms with Crippen LogP contribution in [0.5, 0.6) is 0 Å². The summed E-state index contributed by atoms with van der Waals surface area (Å²) in [5, 5.41) is 0. The number of pyridine rings is 1.